The number of ether oxygens (including phenoxy) is 2. The molecule has 0 atom stereocenters. The minimum atomic E-state index is -0.255. The highest BCUT2D eigenvalue weighted by Crippen LogP contribution is 2.29. The van der Waals surface area contributed by atoms with Gasteiger partial charge in [-0.15, -0.1) is 0 Å². The van der Waals surface area contributed by atoms with Crippen molar-refractivity contribution in [1.82, 2.24) is 9.55 Å². The molecule has 0 saturated carbocycles. The Hall–Kier alpha value is -2.99. The summed E-state index contributed by atoms with van der Waals surface area (Å²) in [5.41, 5.74) is 1.86. The van der Waals surface area contributed by atoms with Crippen molar-refractivity contribution < 1.29 is 14.3 Å². The number of aromatic nitrogens is 2. The van der Waals surface area contributed by atoms with Gasteiger partial charge in [0.15, 0.2) is 11.5 Å². The summed E-state index contributed by atoms with van der Waals surface area (Å²) in [7, 11) is 0. The average molecular weight is 400 g/mol. The van der Waals surface area contributed by atoms with E-state index in [0.29, 0.717) is 41.0 Å². The van der Waals surface area contributed by atoms with Crippen molar-refractivity contribution in [2.75, 3.05) is 18.5 Å². The first-order valence-corrected chi connectivity index (χ1v) is 9.49. The largest absolute Gasteiger partial charge is 0.490 e. The number of anilines is 1. The van der Waals surface area contributed by atoms with Crippen LogP contribution >= 0.6 is 11.6 Å². The highest BCUT2D eigenvalue weighted by molar-refractivity contribution is 6.32. The number of benzene rings is 2. The molecule has 0 unspecified atom stereocenters. The van der Waals surface area contributed by atoms with Crippen molar-refractivity contribution in [3.05, 3.63) is 65.7 Å². The van der Waals surface area contributed by atoms with Crippen LogP contribution in [0.5, 0.6) is 11.5 Å². The summed E-state index contributed by atoms with van der Waals surface area (Å²) in [6.07, 6.45) is 6.03. The quantitative estimate of drug-likeness (QED) is 0.581. The van der Waals surface area contributed by atoms with Crippen LogP contribution in [0.25, 0.3) is 5.69 Å². The topological polar surface area (TPSA) is 65.4 Å². The third kappa shape index (κ3) is 4.64. The standard InChI is InChI=1S/C21H22ClN3O3/c1-3-11-28-19-8-5-15(12-20(19)27-4-2)21(26)24-16-6-7-18(17(22)13-16)25-10-9-23-14-25/h5-10,12-14H,3-4,11H2,1-2H3,(H,24,26). The van der Waals surface area contributed by atoms with Crippen LogP contribution < -0.4 is 14.8 Å². The molecule has 146 valence electrons. The van der Waals surface area contributed by atoms with Gasteiger partial charge < -0.3 is 19.4 Å². The predicted octanol–water partition coefficient (Wildman–Crippen LogP) is 4.97. The zero-order chi connectivity index (χ0) is 19.9. The number of rotatable bonds is 8. The van der Waals surface area contributed by atoms with Gasteiger partial charge in [0.25, 0.3) is 5.91 Å². The molecule has 3 rings (SSSR count). The Labute approximate surface area is 169 Å². The van der Waals surface area contributed by atoms with Crippen molar-refractivity contribution in [3.63, 3.8) is 0 Å². The van der Waals surface area contributed by atoms with Crippen LogP contribution in [-0.4, -0.2) is 28.7 Å². The Bertz CT molecular complexity index is 942. The zero-order valence-electron chi connectivity index (χ0n) is 15.8. The second-order valence-electron chi connectivity index (χ2n) is 6.03. The number of nitrogens with one attached hydrogen (secondary N) is 1. The number of carbonyl (C=O) groups is 1. The van der Waals surface area contributed by atoms with Gasteiger partial charge in [0.05, 0.1) is 30.3 Å². The summed E-state index contributed by atoms with van der Waals surface area (Å²) >= 11 is 6.35. The highest BCUT2D eigenvalue weighted by atomic mass is 35.5. The van der Waals surface area contributed by atoms with E-state index in [0.717, 1.165) is 12.1 Å². The third-order valence-electron chi connectivity index (χ3n) is 3.96. The Morgan fingerprint density at radius 1 is 1.14 bits per heavy atom. The molecule has 28 heavy (non-hydrogen) atoms. The number of hydrogen-bond donors (Lipinski definition) is 1. The molecular formula is C21H22ClN3O3. The van der Waals surface area contributed by atoms with Gasteiger partial charge in [-0.3, -0.25) is 4.79 Å². The van der Waals surface area contributed by atoms with E-state index in [1.54, 1.807) is 53.6 Å². The summed E-state index contributed by atoms with van der Waals surface area (Å²) in [4.78, 5) is 16.7. The third-order valence-corrected chi connectivity index (χ3v) is 4.26. The molecule has 1 heterocycles. The number of imidazole rings is 1. The van der Waals surface area contributed by atoms with Crippen LogP contribution in [0.3, 0.4) is 0 Å². The molecule has 1 aromatic heterocycles. The van der Waals surface area contributed by atoms with Gasteiger partial charge in [0.1, 0.15) is 0 Å². The lowest BCUT2D eigenvalue weighted by Crippen LogP contribution is -2.12. The van der Waals surface area contributed by atoms with Crippen LogP contribution in [-0.2, 0) is 0 Å². The molecular weight excluding hydrogens is 378 g/mol. The van der Waals surface area contributed by atoms with Gasteiger partial charge in [-0.25, -0.2) is 4.98 Å². The zero-order valence-corrected chi connectivity index (χ0v) is 16.6. The Balaban J connectivity index is 1.77. The van der Waals surface area contributed by atoms with Crippen LogP contribution in [0.1, 0.15) is 30.6 Å². The first-order valence-electron chi connectivity index (χ1n) is 9.11. The van der Waals surface area contributed by atoms with Crippen LogP contribution in [0, 0.1) is 0 Å². The van der Waals surface area contributed by atoms with Gasteiger partial charge in [0, 0.05) is 23.6 Å². The maximum absolute atomic E-state index is 12.7. The van der Waals surface area contributed by atoms with Crippen molar-refractivity contribution in [2.45, 2.75) is 20.3 Å². The molecule has 0 aliphatic carbocycles. The van der Waals surface area contributed by atoms with Gasteiger partial charge in [-0.1, -0.05) is 18.5 Å². The molecule has 6 nitrogen and oxygen atoms in total. The maximum atomic E-state index is 12.7. The molecule has 0 radical (unpaired) electrons. The molecule has 2 aromatic carbocycles. The van der Waals surface area contributed by atoms with E-state index in [1.165, 1.54) is 0 Å². The maximum Gasteiger partial charge on any atom is 0.255 e. The van der Waals surface area contributed by atoms with Gasteiger partial charge in [-0.05, 0) is 49.7 Å². The van der Waals surface area contributed by atoms with Crippen molar-refractivity contribution in [1.29, 1.82) is 0 Å². The van der Waals surface area contributed by atoms with Gasteiger partial charge >= 0.3 is 0 Å². The number of halogens is 1. The van der Waals surface area contributed by atoms with Crippen LogP contribution in [0.15, 0.2) is 55.1 Å². The summed E-state index contributed by atoms with van der Waals surface area (Å²) in [6, 6.07) is 10.5. The van der Waals surface area contributed by atoms with Crippen molar-refractivity contribution in [2.24, 2.45) is 0 Å². The summed E-state index contributed by atoms with van der Waals surface area (Å²) in [5.74, 6) is 0.930. The molecule has 3 aromatic rings. The predicted molar refractivity (Wildman–Crippen MR) is 110 cm³/mol. The molecule has 7 heteroatoms. The second-order valence-corrected chi connectivity index (χ2v) is 6.44. The van der Waals surface area contributed by atoms with E-state index in [4.69, 9.17) is 21.1 Å². The van der Waals surface area contributed by atoms with E-state index in [1.807, 2.05) is 19.9 Å². The van der Waals surface area contributed by atoms with Crippen molar-refractivity contribution >= 4 is 23.2 Å². The number of nitrogens with zero attached hydrogens (tertiary/aromatic N) is 2. The minimum absolute atomic E-state index is 0.255. The van der Waals surface area contributed by atoms with Gasteiger partial charge in [0.2, 0.25) is 0 Å². The fourth-order valence-electron chi connectivity index (χ4n) is 2.65. The number of carbonyl (C=O) groups excluding carboxylic acids is 1. The second kappa shape index (κ2) is 9.28. The first kappa shape index (κ1) is 19.8. The molecule has 0 aliphatic heterocycles. The molecule has 0 spiro atoms. The van der Waals surface area contributed by atoms with E-state index >= 15 is 0 Å². The van der Waals surface area contributed by atoms with E-state index in [9.17, 15) is 4.79 Å². The summed E-state index contributed by atoms with van der Waals surface area (Å²) < 4.78 is 13.1. The Morgan fingerprint density at radius 2 is 2.00 bits per heavy atom. The fourth-order valence-corrected chi connectivity index (χ4v) is 2.93. The lowest BCUT2D eigenvalue weighted by Gasteiger charge is -2.13. The molecule has 1 amide bonds. The summed E-state index contributed by atoms with van der Waals surface area (Å²) in [5, 5.41) is 3.37. The van der Waals surface area contributed by atoms with Gasteiger partial charge in [-0.2, -0.15) is 0 Å². The molecule has 0 aliphatic rings. The lowest BCUT2D eigenvalue weighted by molar-refractivity contribution is 0.102. The highest BCUT2D eigenvalue weighted by Gasteiger charge is 2.13. The SMILES string of the molecule is CCCOc1ccc(C(=O)Nc2ccc(-n3ccnc3)c(Cl)c2)cc1OCC. The number of hydrogen-bond acceptors (Lipinski definition) is 4. The van der Waals surface area contributed by atoms with Crippen LogP contribution in [0.2, 0.25) is 5.02 Å². The fraction of sp³-hybridized carbons (Fsp3) is 0.238. The van der Waals surface area contributed by atoms with Crippen LogP contribution in [0.4, 0.5) is 5.69 Å². The van der Waals surface area contributed by atoms with Crippen molar-refractivity contribution in [3.8, 4) is 17.2 Å². The normalized spacial score (nSPS) is 10.5. The summed E-state index contributed by atoms with van der Waals surface area (Å²) in [6.45, 7) is 5.00. The number of amides is 1. The smallest absolute Gasteiger partial charge is 0.255 e. The van der Waals surface area contributed by atoms with E-state index in [-0.39, 0.29) is 5.91 Å². The molecule has 0 bridgehead atoms. The average Bonchev–Trinajstić information content (AvgIpc) is 3.21. The molecule has 0 fully saturated rings. The monoisotopic (exact) mass is 399 g/mol. The molecule has 1 N–H and O–H groups in total. The minimum Gasteiger partial charge on any atom is -0.490 e. The Kier molecular flexibility index (Phi) is 6.55. The lowest BCUT2D eigenvalue weighted by atomic mass is 10.1. The van der Waals surface area contributed by atoms with E-state index in [2.05, 4.69) is 10.3 Å². The first-order chi connectivity index (χ1) is 13.6. The molecule has 0 saturated heterocycles. The van der Waals surface area contributed by atoms with E-state index < -0.39 is 0 Å². The Morgan fingerprint density at radius 3 is 2.68 bits per heavy atom.